The lowest BCUT2D eigenvalue weighted by molar-refractivity contribution is -0.127. The summed E-state index contributed by atoms with van der Waals surface area (Å²) < 4.78 is 10.5. The monoisotopic (exact) mass is 316 g/mol. The molecule has 0 aliphatic rings. The van der Waals surface area contributed by atoms with E-state index in [1.165, 1.54) is 4.90 Å². The molecule has 0 aromatic carbocycles. The van der Waals surface area contributed by atoms with E-state index in [0.29, 0.717) is 25.7 Å². The Kier molecular flexibility index (Phi) is 9.76. The van der Waals surface area contributed by atoms with Crippen molar-refractivity contribution in [2.24, 2.45) is 10.4 Å². The van der Waals surface area contributed by atoms with E-state index >= 15 is 0 Å². The van der Waals surface area contributed by atoms with Crippen molar-refractivity contribution in [1.82, 2.24) is 15.5 Å². The number of methoxy groups -OCH3 is 2. The SMILES string of the molecule is COCCNC(=NCC(=O)N(C)C)NCC(OC)C(C)(C)C. The average molecular weight is 316 g/mol. The zero-order chi connectivity index (χ0) is 17.2. The van der Waals surface area contributed by atoms with Gasteiger partial charge in [-0.25, -0.2) is 4.99 Å². The first-order valence-corrected chi connectivity index (χ1v) is 7.46. The van der Waals surface area contributed by atoms with Gasteiger partial charge in [0.2, 0.25) is 5.91 Å². The number of carbonyl (C=O) groups is 1. The quantitative estimate of drug-likeness (QED) is 0.383. The lowest BCUT2D eigenvalue weighted by Crippen LogP contribution is -2.46. The highest BCUT2D eigenvalue weighted by Crippen LogP contribution is 2.20. The molecule has 1 amide bonds. The van der Waals surface area contributed by atoms with Crippen LogP contribution >= 0.6 is 0 Å². The standard InChI is InChI=1S/C15H32N4O3/c1-15(2,3)12(22-7)10-17-14(16-8-9-21-6)18-11-13(20)19(4)5/h12H,8-11H2,1-7H3,(H2,16,17,18). The van der Waals surface area contributed by atoms with Gasteiger partial charge in [0.15, 0.2) is 5.96 Å². The predicted molar refractivity (Wildman–Crippen MR) is 89.1 cm³/mol. The number of nitrogens with one attached hydrogen (secondary N) is 2. The van der Waals surface area contributed by atoms with Gasteiger partial charge >= 0.3 is 0 Å². The van der Waals surface area contributed by atoms with Gasteiger partial charge in [-0.15, -0.1) is 0 Å². The lowest BCUT2D eigenvalue weighted by atomic mass is 9.89. The first-order chi connectivity index (χ1) is 10.2. The molecule has 1 atom stereocenters. The molecule has 0 rings (SSSR count). The number of amides is 1. The maximum Gasteiger partial charge on any atom is 0.243 e. The Bertz CT molecular complexity index is 351. The third kappa shape index (κ3) is 8.84. The fourth-order valence-corrected chi connectivity index (χ4v) is 1.67. The van der Waals surface area contributed by atoms with E-state index in [4.69, 9.17) is 9.47 Å². The fraction of sp³-hybridized carbons (Fsp3) is 0.867. The second-order valence-corrected chi connectivity index (χ2v) is 6.34. The van der Waals surface area contributed by atoms with E-state index in [-0.39, 0.29) is 24.0 Å². The fourth-order valence-electron chi connectivity index (χ4n) is 1.67. The van der Waals surface area contributed by atoms with E-state index in [1.807, 2.05) is 0 Å². The van der Waals surface area contributed by atoms with Crippen LogP contribution in [0.2, 0.25) is 0 Å². The van der Waals surface area contributed by atoms with Gasteiger partial charge in [0.1, 0.15) is 6.54 Å². The van der Waals surface area contributed by atoms with E-state index < -0.39 is 0 Å². The molecule has 0 fully saturated rings. The van der Waals surface area contributed by atoms with Crippen molar-refractivity contribution >= 4 is 11.9 Å². The topological polar surface area (TPSA) is 75.2 Å². The maximum atomic E-state index is 11.6. The molecule has 0 radical (unpaired) electrons. The van der Waals surface area contributed by atoms with E-state index in [0.717, 1.165) is 0 Å². The number of hydrogen-bond acceptors (Lipinski definition) is 4. The molecular formula is C15H32N4O3. The van der Waals surface area contributed by atoms with Crippen molar-refractivity contribution in [3.63, 3.8) is 0 Å². The first-order valence-electron chi connectivity index (χ1n) is 7.46. The van der Waals surface area contributed by atoms with E-state index in [2.05, 4.69) is 36.4 Å². The molecule has 2 N–H and O–H groups in total. The molecule has 7 heteroatoms. The summed E-state index contributed by atoms with van der Waals surface area (Å²) in [5.74, 6) is 0.533. The summed E-state index contributed by atoms with van der Waals surface area (Å²) in [5, 5.41) is 6.35. The summed E-state index contributed by atoms with van der Waals surface area (Å²) >= 11 is 0. The van der Waals surface area contributed by atoms with Crippen LogP contribution in [-0.2, 0) is 14.3 Å². The third-order valence-electron chi connectivity index (χ3n) is 3.18. The maximum absolute atomic E-state index is 11.6. The number of carbonyl (C=O) groups excluding carboxylic acids is 1. The van der Waals surface area contributed by atoms with Crippen LogP contribution in [0.3, 0.4) is 0 Å². The molecule has 0 aliphatic carbocycles. The van der Waals surface area contributed by atoms with Gasteiger partial charge in [-0.2, -0.15) is 0 Å². The molecule has 0 aromatic heterocycles. The summed E-state index contributed by atoms with van der Waals surface area (Å²) in [6.45, 7) is 8.24. The lowest BCUT2D eigenvalue weighted by Gasteiger charge is -2.30. The first kappa shape index (κ1) is 20.7. The van der Waals surface area contributed by atoms with Gasteiger partial charge in [0, 0.05) is 41.4 Å². The third-order valence-corrected chi connectivity index (χ3v) is 3.18. The Labute approximate surface area is 134 Å². The van der Waals surface area contributed by atoms with Crippen LogP contribution < -0.4 is 10.6 Å². The minimum atomic E-state index is -0.0491. The zero-order valence-corrected chi connectivity index (χ0v) is 15.0. The van der Waals surface area contributed by atoms with Crippen LogP contribution in [0.4, 0.5) is 0 Å². The highest BCUT2D eigenvalue weighted by Gasteiger charge is 2.24. The van der Waals surface area contributed by atoms with Crippen molar-refractivity contribution in [1.29, 1.82) is 0 Å². The molecule has 22 heavy (non-hydrogen) atoms. The molecule has 0 bridgehead atoms. The molecule has 130 valence electrons. The minimum absolute atomic E-state index is 0.0127. The van der Waals surface area contributed by atoms with E-state index in [9.17, 15) is 4.79 Å². The van der Waals surface area contributed by atoms with E-state index in [1.54, 1.807) is 28.3 Å². The normalized spacial score (nSPS) is 13.7. The molecule has 0 aromatic rings. The van der Waals surface area contributed by atoms with Crippen LogP contribution in [0.1, 0.15) is 20.8 Å². The average Bonchev–Trinajstić information content (AvgIpc) is 2.42. The number of guanidine groups is 1. The highest BCUT2D eigenvalue weighted by atomic mass is 16.5. The Morgan fingerprint density at radius 2 is 1.86 bits per heavy atom. The number of hydrogen-bond donors (Lipinski definition) is 2. The number of likely N-dealkylation sites (N-methyl/N-ethyl adjacent to an activating group) is 1. The number of rotatable bonds is 8. The van der Waals surface area contributed by atoms with Gasteiger partial charge < -0.3 is 25.0 Å². The minimum Gasteiger partial charge on any atom is -0.383 e. The van der Waals surface area contributed by atoms with Crippen LogP contribution in [-0.4, -0.2) is 77.4 Å². The molecule has 1 unspecified atom stereocenters. The van der Waals surface area contributed by atoms with Crippen molar-refractivity contribution in [3.05, 3.63) is 0 Å². The van der Waals surface area contributed by atoms with Gasteiger partial charge in [0.05, 0.1) is 12.7 Å². The predicted octanol–water partition coefficient (Wildman–Crippen LogP) is 0.317. The Hall–Kier alpha value is -1.34. The Morgan fingerprint density at radius 3 is 2.32 bits per heavy atom. The molecule has 0 aliphatic heterocycles. The second kappa shape index (κ2) is 10.4. The van der Waals surface area contributed by atoms with Gasteiger partial charge in [-0.1, -0.05) is 20.8 Å². The summed E-state index contributed by atoms with van der Waals surface area (Å²) in [7, 11) is 6.76. The molecule has 7 nitrogen and oxygen atoms in total. The summed E-state index contributed by atoms with van der Waals surface area (Å²) in [4.78, 5) is 17.5. The number of ether oxygens (including phenoxy) is 2. The number of nitrogens with zero attached hydrogens (tertiary/aromatic N) is 2. The number of aliphatic imine (C=N–C) groups is 1. The van der Waals surface area contributed by atoms with Gasteiger partial charge in [-0.3, -0.25) is 4.79 Å². The van der Waals surface area contributed by atoms with Crippen LogP contribution in [0, 0.1) is 5.41 Å². The highest BCUT2D eigenvalue weighted by molar-refractivity contribution is 5.84. The smallest absolute Gasteiger partial charge is 0.243 e. The zero-order valence-electron chi connectivity index (χ0n) is 15.0. The summed E-state index contributed by atoms with van der Waals surface area (Å²) in [5.41, 5.74) is 0.0127. The van der Waals surface area contributed by atoms with Crippen molar-refractivity contribution < 1.29 is 14.3 Å². The summed E-state index contributed by atoms with van der Waals surface area (Å²) in [6, 6.07) is 0. The Balaban J connectivity index is 4.64. The molecule has 0 spiro atoms. The van der Waals surface area contributed by atoms with Crippen molar-refractivity contribution in [2.45, 2.75) is 26.9 Å². The largest absolute Gasteiger partial charge is 0.383 e. The summed E-state index contributed by atoms with van der Waals surface area (Å²) in [6.07, 6.45) is 0.0338. The molecule has 0 heterocycles. The van der Waals surface area contributed by atoms with Crippen LogP contribution in [0.15, 0.2) is 4.99 Å². The van der Waals surface area contributed by atoms with Gasteiger partial charge in [-0.05, 0) is 5.41 Å². The second-order valence-electron chi connectivity index (χ2n) is 6.34. The molecular weight excluding hydrogens is 284 g/mol. The molecule has 0 saturated carbocycles. The van der Waals surface area contributed by atoms with Crippen LogP contribution in [0.25, 0.3) is 0 Å². The van der Waals surface area contributed by atoms with Crippen molar-refractivity contribution in [2.75, 3.05) is 54.6 Å². The van der Waals surface area contributed by atoms with Crippen molar-refractivity contribution in [3.8, 4) is 0 Å². The Morgan fingerprint density at radius 1 is 1.23 bits per heavy atom. The van der Waals surface area contributed by atoms with Crippen LogP contribution in [0.5, 0.6) is 0 Å². The van der Waals surface area contributed by atoms with Gasteiger partial charge in [0.25, 0.3) is 0 Å². The molecule has 0 saturated heterocycles.